The summed E-state index contributed by atoms with van der Waals surface area (Å²) >= 11 is 0. The first-order valence-corrected chi connectivity index (χ1v) is 8.02. The molecule has 0 bridgehead atoms. The standard InChI is InChI=1S/C20H20N2O3/c1-13(2)16-7-9-17(10-8-16)20(24)25-14(3)19(23)22-18-6-4-5-15(11-18)12-21/h4-11,13-14H,1-3H3,(H,22,23)/t14-/m0/s1. The van der Waals surface area contributed by atoms with E-state index >= 15 is 0 Å². The lowest BCUT2D eigenvalue weighted by atomic mass is 10.0. The maximum atomic E-state index is 12.2. The number of amides is 1. The Kier molecular flexibility index (Phi) is 5.91. The topological polar surface area (TPSA) is 79.2 Å². The van der Waals surface area contributed by atoms with Gasteiger partial charge < -0.3 is 10.1 Å². The van der Waals surface area contributed by atoms with Gasteiger partial charge in [-0.1, -0.05) is 32.0 Å². The van der Waals surface area contributed by atoms with Crippen molar-refractivity contribution >= 4 is 17.6 Å². The highest BCUT2D eigenvalue weighted by Crippen LogP contribution is 2.16. The maximum Gasteiger partial charge on any atom is 0.338 e. The van der Waals surface area contributed by atoms with Crippen LogP contribution in [0.4, 0.5) is 5.69 Å². The van der Waals surface area contributed by atoms with Gasteiger partial charge in [-0.15, -0.1) is 0 Å². The van der Waals surface area contributed by atoms with E-state index in [-0.39, 0.29) is 0 Å². The number of benzene rings is 2. The van der Waals surface area contributed by atoms with Crippen LogP contribution < -0.4 is 5.32 Å². The summed E-state index contributed by atoms with van der Waals surface area (Å²) < 4.78 is 5.21. The van der Waals surface area contributed by atoms with E-state index in [4.69, 9.17) is 10.00 Å². The van der Waals surface area contributed by atoms with Crippen LogP contribution in [0.25, 0.3) is 0 Å². The largest absolute Gasteiger partial charge is 0.449 e. The van der Waals surface area contributed by atoms with Gasteiger partial charge in [0.1, 0.15) is 0 Å². The average molecular weight is 336 g/mol. The third-order valence-corrected chi connectivity index (χ3v) is 3.73. The van der Waals surface area contributed by atoms with E-state index in [1.807, 2.05) is 18.2 Å². The van der Waals surface area contributed by atoms with Crippen molar-refractivity contribution in [3.63, 3.8) is 0 Å². The molecular formula is C20H20N2O3. The molecule has 0 saturated heterocycles. The van der Waals surface area contributed by atoms with Crippen molar-refractivity contribution < 1.29 is 14.3 Å². The van der Waals surface area contributed by atoms with E-state index < -0.39 is 18.0 Å². The van der Waals surface area contributed by atoms with Gasteiger partial charge in [0.25, 0.3) is 5.91 Å². The van der Waals surface area contributed by atoms with Gasteiger partial charge in [0, 0.05) is 5.69 Å². The monoisotopic (exact) mass is 336 g/mol. The van der Waals surface area contributed by atoms with Crippen molar-refractivity contribution in [1.82, 2.24) is 0 Å². The average Bonchev–Trinajstić information content (AvgIpc) is 2.61. The molecule has 2 aromatic carbocycles. The summed E-state index contributed by atoms with van der Waals surface area (Å²) in [4.78, 5) is 24.3. The highest BCUT2D eigenvalue weighted by Gasteiger charge is 2.19. The summed E-state index contributed by atoms with van der Waals surface area (Å²) in [5.74, 6) is -0.634. The van der Waals surface area contributed by atoms with Gasteiger partial charge in [-0.05, 0) is 48.7 Å². The molecule has 25 heavy (non-hydrogen) atoms. The molecule has 0 spiro atoms. The first-order chi connectivity index (χ1) is 11.9. The molecule has 1 N–H and O–H groups in total. The molecule has 0 saturated carbocycles. The predicted octanol–water partition coefficient (Wildman–Crippen LogP) is 3.87. The fourth-order valence-electron chi connectivity index (χ4n) is 2.20. The molecule has 0 fully saturated rings. The van der Waals surface area contributed by atoms with Crippen LogP contribution in [0.5, 0.6) is 0 Å². The minimum atomic E-state index is -0.956. The first kappa shape index (κ1) is 18.2. The van der Waals surface area contributed by atoms with Gasteiger partial charge in [-0.25, -0.2) is 4.79 Å². The summed E-state index contributed by atoms with van der Waals surface area (Å²) in [6, 6.07) is 15.7. The van der Waals surface area contributed by atoms with Gasteiger partial charge in [-0.3, -0.25) is 4.79 Å². The molecule has 5 nitrogen and oxygen atoms in total. The molecule has 0 aromatic heterocycles. The number of anilines is 1. The minimum Gasteiger partial charge on any atom is -0.449 e. The normalized spacial score (nSPS) is 11.5. The van der Waals surface area contributed by atoms with Crippen LogP contribution in [-0.2, 0) is 9.53 Å². The van der Waals surface area contributed by atoms with Crippen molar-refractivity contribution in [2.24, 2.45) is 0 Å². The smallest absolute Gasteiger partial charge is 0.338 e. The number of nitrogens with one attached hydrogen (secondary N) is 1. The van der Waals surface area contributed by atoms with Gasteiger partial charge in [0.2, 0.25) is 0 Å². The summed E-state index contributed by atoms with van der Waals surface area (Å²) in [5.41, 5.74) is 2.44. The Balaban J connectivity index is 1.98. The van der Waals surface area contributed by atoms with Crippen molar-refractivity contribution in [2.45, 2.75) is 32.8 Å². The Hall–Kier alpha value is -3.13. The minimum absolute atomic E-state index is 0.374. The number of esters is 1. The molecule has 5 heteroatoms. The zero-order chi connectivity index (χ0) is 18.4. The Labute approximate surface area is 147 Å². The first-order valence-electron chi connectivity index (χ1n) is 8.02. The molecule has 128 valence electrons. The molecule has 0 unspecified atom stereocenters. The number of hydrogen-bond acceptors (Lipinski definition) is 4. The van der Waals surface area contributed by atoms with E-state index in [2.05, 4.69) is 19.2 Å². The summed E-state index contributed by atoms with van der Waals surface area (Å²) in [6.07, 6.45) is -0.956. The van der Waals surface area contributed by atoms with Crippen molar-refractivity contribution in [1.29, 1.82) is 5.26 Å². The molecular weight excluding hydrogens is 316 g/mol. The van der Waals surface area contributed by atoms with Gasteiger partial charge >= 0.3 is 5.97 Å². The second-order valence-electron chi connectivity index (χ2n) is 6.01. The van der Waals surface area contributed by atoms with Gasteiger partial charge in [-0.2, -0.15) is 5.26 Å². The number of rotatable bonds is 5. The summed E-state index contributed by atoms with van der Waals surface area (Å²) in [6.45, 7) is 5.64. The summed E-state index contributed by atoms with van der Waals surface area (Å²) in [7, 11) is 0. The van der Waals surface area contributed by atoms with Crippen molar-refractivity contribution in [3.05, 3.63) is 65.2 Å². The van der Waals surface area contributed by atoms with E-state index in [0.29, 0.717) is 22.7 Å². The zero-order valence-corrected chi connectivity index (χ0v) is 14.4. The Morgan fingerprint density at radius 1 is 1.08 bits per heavy atom. The SMILES string of the molecule is CC(C)c1ccc(C(=O)O[C@@H](C)C(=O)Nc2cccc(C#N)c2)cc1. The van der Waals surface area contributed by atoms with E-state index in [9.17, 15) is 9.59 Å². The molecule has 2 aromatic rings. The molecule has 0 aliphatic rings. The second kappa shape index (κ2) is 8.11. The molecule has 1 amide bonds. The van der Waals surface area contributed by atoms with Crippen molar-refractivity contribution in [3.8, 4) is 6.07 Å². The number of ether oxygens (including phenoxy) is 1. The number of nitriles is 1. The third kappa shape index (κ3) is 4.92. The fourth-order valence-corrected chi connectivity index (χ4v) is 2.20. The van der Waals surface area contributed by atoms with E-state index in [0.717, 1.165) is 5.56 Å². The van der Waals surface area contributed by atoms with Gasteiger partial charge in [0.15, 0.2) is 6.10 Å². The lowest BCUT2D eigenvalue weighted by Crippen LogP contribution is -2.30. The quantitative estimate of drug-likeness (QED) is 0.841. The molecule has 0 aliphatic carbocycles. The number of carbonyl (C=O) groups is 2. The molecule has 0 heterocycles. The maximum absolute atomic E-state index is 12.2. The van der Waals surface area contributed by atoms with E-state index in [1.165, 1.54) is 6.92 Å². The van der Waals surface area contributed by atoms with Crippen LogP contribution in [0, 0.1) is 11.3 Å². The highest BCUT2D eigenvalue weighted by molar-refractivity contribution is 5.97. The van der Waals surface area contributed by atoms with Crippen molar-refractivity contribution in [2.75, 3.05) is 5.32 Å². The number of carbonyl (C=O) groups excluding carboxylic acids is 2. The highest BCUT2D eigenvalue weighted by atomic mass is 16.5. The molecule has 1 atom stereocenters. The van der Waals surface area contributed by atoms with Crippen LogP contribution in [0.3, 0.4) is 0 Å². The molecule has 2 rings (SSSR count). The van der Waals surface area contributed by atoms with Crippen LogP contribution in [0.15, 0.2) is 48.5 Å². The Morgan fingerprint density at radius 3 is 2.36 bits per heavy atom. The number of nitrogens with zero attached hydrogens (tertiary/aromatic N) is 1. The second-order valence-corrected chi connectivity index (χ2v) is 6.01. The lowest BCUT2D eigenvalue weighted by molar-refractivity contribution is -0.123. The van der Waals surface area contributed by atoms with Crippen LogP contribution in [0.2, 0.25) is 0 Å². The van der Waals surface area contributed by atoms with Crippen LogP contribution >= 0.6 is 0 Å². The van der Waals surface area contributed by atoms with Crippen LogP contribution in [0.1, 0.15) is 48.2 Å². The van der Waals surface area contributed by atoms with Crippen LogP contribution in [-0.4, -0.2) is 18.0 Å². The number of hydrogen-bond donors (Lipinski definition) is 1. The zero-order valence-electron chi connectivity index (χ0n) is 14.4. The van der Waals surface area contributed by atoms with Gasteiger partial charge in [0.05, 0.1) is 17.2 Å². The summed E-state index contributed by atoms with van der Waals surface area (Å²) in [5, 5.41) is 11.5. The molecule has 0 radical (unpaired) electrons. The fraction of sp³-hybridized carbons (Fsp3) is 0.250. The van der Waals surface area contributed by atoms with E-state index in [1.54, 1.807) is 36.4 Å². The third-order valence-electron chi connectivity index (χ3n) is 3.73. The Morgan fingerprint density at radius 2 is 1.76 bits per heavy atom. The predicted molar refractivity (Wildman–Crippen MR) is 95.2 cm³/mol. The Bertz CT molecular complexity index is 804. The molecule has 0 aliphatic heterocycles. The lowest BCUT2D eigenvalue weighted by Gasteiger charge is -2.14.